The fraction of sp³-hybridized carbons (Fsp3) is 0.438. The highest BCUT2D eigenvalue weighted by molar-refractivity contribution is 7.99. The maximum atomic E-state index is 12.3. The zero-order valence-electron chi connectivity index (χ0n) is 12.9. The molecule has 122 valence electrons. The van der Waals surface area contributed by atoms with Crippen molar-refractivity contribution in [3.63, 3.8) is 0 Å². The normalized spacial score (nSPS) is 18.2. The molecule has 1 atom stereocenters. The average Bonchev–Trinajstić information content (AvgIpc) is 3.03. The predicted octanol–water partition coefficient (Wildman–Crippen LogP) is 3.88. The molecule has 1 aliphatic rings. The standard InChI is InChI=1S/C16H18ClN3O2S/c1-11-4-2-3-9-20(11)14(21)10-23-16-19-18-15(22-16)12-5-7-13(17)8-6-12/h5-8,11H,2-4,9-10H2,1H3. The Labute approximate surface area is 144 Å². The highest BCUT2D eigenvalue weighted by atomic mass is 35.5. The molecule has 7 heteroatoms. The first-order valence-corrected chi connectivity index (χ1v) is 9.01. The number of hydrogen-bond acceptors (Lipinski definition) is 5. The molecule has 0 radical (unpaired) electrons. The van der Waals surface area contributed by atoms with Crippen LogP contribution in [-0.2, 0) is 4.79 Å². The van der Waals surface area contributed by atoms with E-state index in [1.165, 1.54) is 18.2 Å². The summed E-state index contributed by atoms with van der Waals surface area (Å²) in [6.45, 7) is 2.95. The third-order valence-corrected chi connectivity index (χ3v) is 5.00. The molecule has 5 nitrogen and oxygen atoms in total. The van der Waals surface area contributed by atoms with E-state index in [0.717, 1.165) is 24.9 Å². The Bertz CT molecular complexity index is 674. The van der Waals surface area contributed by atoms with Gasteiger partial charge >= 0.3 is 0 Å². The minimum absolute atomic E-state index is 0.133. The zero-order chi connectivity index (χ0) is 16.2. The number of halogens is 1. The fourth-order valence-corrected chi connectivity index (χ4v) is 3.43. The van der Waals surface area contributed by atoms with Crippen LogP contribution in [0.25, 0.3) is 11.5 Å². The molecule has 0 bridgehead atoms. The van der Waals surface area contributed by atoms with E-state index in [1.807, 2.05) is 17.0 Å². The molecule has 3 rings (SSSR count). The van der Waals surface area contributed by atoms with Crippen LogP contribution in [0.4, 0.5) is 0 Å². The molecule has 0 spiro atoms. The second kappa shape index (κ2) is 7.36. The number of amides is 1. The van der Waals surface area contributed by atoms with Gasteiger partial charge in [-0.3, -0.25) is 4.79 Å². The number of aromatic nitrogens is 2. The van der Waals surface area contributed by atoms with Crippen molar-refractivity contribution in [3.8, 4) is 11.5 Å². The van der Waals surface area contributed by atoms with E-state index in [0.29, 0.717) is 27.9 Å². The molecular weight excluding hydrogens is 334 g/mol. The molecular formula is C16H18ClN3O2S. The molecule has 1 amide bonds. The second-order valence-corrected chi connectivity index (χ2v) is 6.96. The monoisotopic (exact) mass is 351 g/mol. The Kier molecular flexibility index (Phi) is 5.23. The highest BCUT2D eigenvalue weighted by Gasteiger charge is 2.23. The largest absolute Gasteiger partial charge is 0.411 e. The van der Waals surface area contributed by atoms with Gasteiger partial charge in [-0.05, 0) is 50.5 Å². The van der Waals surface area contributed by atoms with Gasteiger partial charge < -0.3 is 9.32 Å². The van der Waals surface area contributed by atoms with Gasteiger partial charge in [0.1, 0.15) is 0 Å². The molecule has 1 fully saturated rings. The topological polar surface area (TPSA) is 59.2 Å². The third kappa shape index (κ3) is 4.06. The molecule has 0 aliphatic carbocycles. The molecule has 1 aliphatic heterocycles. The molecule has 2 heterocycles. The highest BCUT2D eigenvalue weighted by Crippen LogP contribution is 2.25. The van der Waals surface area contributed by atoms with Crippen LogP contribution >= 0.6 is 23.4 Å². The van der Waals surface area contributed by atoms with Crippen LogP contribution in [0.2, 0.25) is 5.02 Å². The van der Waals surface area contributed by atoms with Gasteiger partial charge in [0.25, 0.3) is 5.22 Å². The van der Waals surface area contributed by atoms with Gasteiger partial charge in [-0.15, -0.1) is 10.2 Å². The summed E-state index contributed by atoms with van der Waals surface area (Å²) in [4.78, 5) is 14.2. The Balaban J connectivity index is 1.58. The number of piperidine rings is 1. The summed E-state index contributed by atoms with van der Waals surface area (Å²) in [7, 11) is 0. The Morgan fingerprint density at radius 1 is 1.35 bits per heavy atom. The third-order valence-electron chi connectivity index (χ3n) is 3.94. The maximum absolute atomic E-state index is 12.3. The van der Waals surface area contributed by atoms with Crippen molar-refractivity contribution < 1.29 is 9.21 Å². The smallest absolute Gasteiger partial charge is 0.277 e. The number of likely N-dealkylation sites (tertiary alicyclic amines) is 1. The predicted molar refractivity (Wildman–Crippen MR) is 90.5 cm³/mol. The van der Waals surface area contributed by atoms with Crippen molar-refractivity contribution in [3.05, 3.63) is 29.3 Å². The summed E-state index contributed by atoms with van der Waals surface area (Å²) in [6, 6.07) is 7.52. The van der Waals surface area contributed by atoms with Crippen molar-refractivity contribution in [2.24, 2.45) is 0 Å². The molecule has 0 saturated carbocycles. The number of benzene rings is 1. The number of carbonyl (C=O) groups excluding carboxylic acids is 1. The minimum Gasteiger partial charge on any atom is -0.411 e. The van der Waals surface area contributed by atoms with Crippen LogP contribution in [0, 0.1) is 0 Å². The summed E-state index contributed by atoms with van der Waals surface area (Å²) < 4.78 is 5.60. The van der Waals surface area contributed by atoms with Crippen molar-refractivity contribution >= 4 is 29.3 Å². The van der Waals surface area contributed by atoms with E-state index in [4.69, 9.17) is 16.0 Å². The fourth-order valence-electron chi connectivity index (χ4n) is 2.65. The first kappa shape index (κ1) is 16.3. The summed E-state index contributed by atoms with van der Waals surface area (Å²) >= 11 is 7.15. The minimum atomic E-state index is 0.133. The van der Waals surface area contributed by atoms with Crippen LogP contribution in [0.3, 0.4) is 0 Å². The Hall–Kier alpha value is -1.53. The van der Waals surface area contributed by atoms with Gasteiger partial charge in [0.05, 0.1) is 5.75 Å². The lowest BCUT2D eigenvalue weighted by molar-refractivity contribution is -0.131. The van der Waals surface area contributed by atoms with Crippen molar-refractivity contribution in [1.82, 2.24) is 15.1 Å². The summed E-state index contributed by atoms with van der Waals surface area (Å²) in [5, 5.41) is 9.08. The van der Waals surface area contributed by atoms with E-state index in [9.17, 15) is 4.79 Å². The number of thioether (sulfide) groups is 1. The van der Waals surface area contributed by atoms with Gasteiger partial charge in [0, 0.05) is 23.2 Å². The molecule has 1 saturated heterocycles. The van der Waals surface area contributed by atoms with Crippen molar-refractivity contribution in [2.45, 2.75) is 37.5 Å². The van der Waals surface area contributed by atoms with E-state index >= 15 is 0 Å². The molecule has 2 aromatic rings. The van der Waals surface area contributed by atoms with Crippen LogP contribution in [-0.4, -0.2) is 39.3 Å². The number of rotatable bonds is 4. The summed E-state index contributed by atoms with van der Waals surface area (Å²) in [6.07, 6.45) is 3.37. The van der Waals surface area contributed by atoms with E-state index in [-0.39, 0.29) is 5.91 Å². The van der Waals surface area contributed by atoms with E-state index < -0.39 is 0 Å². The van der Waals surface area contributed by atoms with E-state index in [1.54, 1.807) is 12.1 Å². The van der Waals surface area contributed by atoms with Crippen molar-refractivity contribution in [2.75, 3.05) is 12.3 Å². The van der Waals surface area contributed by atoms with Gasteiger partial charge in [0.2, 0.25) is 11.8 Å². The molecule has 1 aromatic carbocycles. The lowest BCUT2D eigenvalue weighted by Gasteiger charge is -2.33. The first-order valence-electron chi connectivity index (χ1n) is 7.65. The molecule has 23 heavy (non-hydrogen) atoms. The van der Waals surface area contributed by atoms with Crippen LogP contribution in [0.15, 0.2) is 33.9 Å². The number of nitrogens with zero attached hydrogens (tertiary/aromatic N) is 3. The average molecular weight is 352 g/mol. The Morgan fingerprint density at radius 2 is 2.13 bits per heavy atom. The van der Waals surface area contributed by atoms with Crippen LogP contribution < -0.4 is 0 Å². The molecule has 0 N–H and O–H groups in total. The SMILES string of the molecule is CC1CCCCN1C(=O)CSc1nnc(-c2ccc(Cl)cc2)o1. The van der Waals surface area contributed by atoms with Crippen LogP contribution in [0.5, 0.6) is 0 Å². The number of carbonyl (C=O) groups is 1. The first-order chi connectivity index (χ1) is 11.1. The van der Waals surface area contributed by atoms with Gasteiger partial charge in [0.15, 0.2) is 0 Å². The second-order valence-electron chi connectivity index (χ2n) is 5.60. The lowest BCUT2D eigenvalue weighted by Crippen LogP contribution is -2.42. The number of hydrogen-bond donors (Lipinski definition) is 0. The Morgan fingerprint density at radius 3 is 2.87 bits per heavy atom. The summed E-state index contributed by atoms with van der Waals surface area (Å²) in [5.41, 5.74) is 0.810. The van der Waals surface area contributed by atoms with Crippen molar-refractivity contribution in [1.29, 1.82) is 0 Å². The lowest BCUT2D eigenvalue weighted by atomic mass is 10.0. The molecule has 1 aromatic heterocycles. The van der Waals surface area contributed by atoms with E-state index in [2.05, 4.69) is 17.1 Å². The quantitative estimate of drug-likeness (QED) is 0.782. The molecule has 1 unspecified atom stereocenters. The van der Waals surface area contributed by atoms with Gasteiger partial charge in [-0.2, -0.15) is 0 Å². The maximum Gasteiger partial charge on any atom is 0.277 e. The van der Waals surface area contributed by atoms with Gasteiger partial charge in [-0.25, -0.2) is 0 Å². The van der Waals surface area contributed by atoms with Gasteiger partial charge in [-0.1, -0.05) is 23.4 Å². The zero-order valence-corrected chi connectivity index (χ0v) is 14.4. The van der Waals surface area contributed by atoms with Crippen LogP contribution in [0.1, 0.15) is 26.2 Å². The summed E-state index contributed by atoms with van der Waals surface area (Å²) in [5.74, 6) is 0.892.